The highest BCUT2D eigenvalue weighted by Gasteiger charge is 2.29. The Kier molecular flexibility index (Phi) is 5.13. The maximum Gasteiger partial charge on any atom is 0.271 e. The van der Waals surface area contributed by atoms with Gasteiger partial charge >= 0.3 is 0 Å². The van der Waals surface area contributed by atoms with Crippen molar-refractivity contribution in [2.24, 2.45) is 12.8 Å². The highest BCUT2D eigenvalue weighted by Crippen LogP contribution is 2.32. The second kappa shape index (κ2) is 7.31. The number of nitrogens with zero attached hydrogens (tertiary/aromatic N) is 2. The van der Waals surface area contributed by atoms with Gasteiger partial charge in [-0.3, -0.25) is 9.59 Å². The average molecular weight is 360 g/mol. The van der Waals surface area contributed by atoms with Crippen molar-refractivity contribution in [1.82, 2.24) is 9.47 Å². The van der Waals surface area contributed by atoms with Crippen molar-refractivity contribution in [3.8, 4) is 0 Å². The second-order valence-electron chi connectivity index (χ2n) is 6.50. The number of likely N-dealkylation sites (tertiary alicyclic amines) is 1. The maximum absolute atomic E-state index is 13.2. The van der Waals surface area contributed by atoms with Gasteiger partial charge in [0.1, 0.15) is 5.69 Å². The van der Waals surface area contributed by atoms with Gasteiger partial charge in [-0.2, -0.15) is 0 Å². The van der Waals surface area contributed by atoms with E-state index in [1.165, 1.54) is 0 Å². The fourth-order valence-corrected chi connectivity index (χ4v) is 3.57. The monoisotopic (exact) mass is 359 g/mol. The molecule has 0 spiro atoms. The third kappa shape index (κ3) is 3.71. The molecule has 25 heavy (non-hydrogen) atoms. The molecule has 1 aromatic heterocycles. The van der Waals surface area contributed by atoms with Crippen molar-refractivity contribution in [3.05, 3.63) is 58.4 Å². The Morgan fingerprint density at radius 2 is 1.88 bits per heavy atom. The first kappa shape index (κ1) is 17.5. The zero-order chi connectivity index (χ0) is 18.0. The van der Waals surface area contributed by atoms with Crippen LogP contribution < -0.4 is 5.73 Å². The smallest absolute Gasteiger partial charge is 0.271 e. The van der Waals surface area contributed by atoms with Crippen LogP contribution in [0.1, 0.15) is 58.1 Å². The van der Waals surface area contributed by atoms with Crippen molar-refractivity contribution in [2.45, 2.75) is 31.7 Å². The van der Waals surface area contributed by atoms with Gasteiger partial charge in [-0.05, 0) is 36.6 Å². The lowest BCUT2D eigenvalue weighted by atomic mass is 10.0. The quantitative estimate of drug-likeness (QED) is 0.910. The normalized spacial score (nSPS) is 18.0. The Labute approximate surface area is 152 Å². The van der Waals surface area contributed by atoms with E-state index in [1.807, 2.05) is 29.2 Å². The van der Waals surface area contributed by atoms with E-state index in [2.05, 4.69) is 0 Å². The number of aryl methyl sites for hydroxylation is 1. The van der Waals surface area contributed by atoms with Gasteiger partial charge in [0.05, 0.1) is 11.6 Å². The molecule has 1 fully saturated rings. The lowest BCUT2D eigenvalue weighted by Gasteiger charge is -2.30. The molecule has 2 aromatic rings. The number of hydrogen-bond donors (Lipinski definition) is 1. The van der Waals surface area contributed by atoms with Crippen LogP contribution in [0.4, 0.5) is 0 Å². The topological polar surface area (TPSA) is 68.3 Å². The van der Waals surface area contributed by atoms with Crippen LogP contribution in [0.5, 0.6) is 0 Å². The van der Waals surface area contributed by atoms with Crippen LogP contribution in [-0.2, 0) is 7.05 Å². The molecule has 1 unspecified atom stereocenters. The van der Waals surface area contributed by atoms with Gasteiger partial charge in [0.15, 0.2) is 0 Å². The van der Waals surface area contributed by atoms with E-state index in [-0.39, 0.29) is 11.9 Å². The number of carbonyl (C=O) groups is 2. The minimum atomic E-state index is -0.528. The summed E-state index contributed by atoms with van der Waals surface area (Å²) in [6.07, 6.45) is 5.68. The first-order chi connectivity index (χ1) is 12.0. The summed E-state index contributed by atoms with van der Waals surface area (Å²) < 4.78 is 1.67. The first-order valence-electron chi connectivity index (χ1n) is 8.50. The third-order valence-corrected chi connectivity index (χ3v) is 5.03. The summed E-state index contributed by atoms with van der Waals surface area (Å²) in [5, 5.41) is 0.684. The summed E-state index contributed by atoms with van der Waals surface area (Å²) in [5.74, 6) is -0.600. The van der Waals surface area contributed by atoms with Gasteiger partial charge in [0.2, 0.25) is 5.91 Å². The number of rotatable bonds is 3. The van der Waals surface area contributed by atoms with Crippen LogP contribution in [0.15, 0.2) is 36.5 Å². The molecule has 6 heteroatoms. The summed E-state index contributed by atoms with van der Waals surface area (Å²) in [6, 6.07) is 9.28. The molecule has 1 saturated heterocycles. The molecule has 0 bridgehead atoms. The van der Waals surface area contributed by atoms with Crippen molar-refractivity contribution in [1.29, 1.82) is 0 Å². The van der Waals surface area contributed by atoms with Crippen molar-refractivity contribution in [2.75, 3.05) is 6.54 Å². The third-order valence-electron chi connectivity index (χ3n) is 4.78. The summed E-state index contributed by atoms with van der Waals surface area (Å²) in [5.41, 5.74) is 7.26. The number of nitrogens with two attached hydrogens (primary N) is 1. The van der Waals surface area contributed by atoms with Gasteiger partial charge in [0.25, 0.3) is 5.91 Å². The molecule has 3 rings (SSSR count). The predicted molar refractivity (Wildman–Crippen MR) is 97.6 cm³/mol. The van der Waals surface area contributed by atoms with Crippen molar-refractivity contribution >= 4 is 23.4 Å². The maximum atomic E-state index is 13.2. The molecule has 0 radical (unpaired) electrons. The van der Waals surface area contributed by atoms with E-state index in [0.29, 0.717) is 22.8 Å². The van der Waals surface area contributed by atoms with Gasteiger partial charge in [-0.1, -0.05) is 36.6 Å². The van der Waals surface area contributed by atoms with Crippen LogP contribution in [0.25, 0.3) is 0 Å². The van der Waals surface area contributed by atoms with Crippen LogP contribution in [0.2, 0.25) is 5.02 Å². The number of carbonyl (C=O) groups excluding carboxylic acids is 2. The summed E-state index contributed by atoms with van der Waals surface area (Å²) in [4.78, 5) is 26.5. The Balaban J connectivity index is 1.94. The molecule has 0 aliphatic carbocycles. The number of halogens is 1. The summed E-state index contributed by atoms with van der Waals surface area (Å²) >= 11 is 6.00. The number of hydrogen-bond acceptors (Lipinski definition) is 2. The van der Waals surface area contributed by atoms with Gasteiger partial charge in [0, 0.05) is 24.8 Å². The van der Waals surface area contributed by atoms with Crippen LogP contribution in [0, 0.1) is 0 Å². The number of benzene rings is 1. The lowest BCUT2D eigenvalue weighted by molar-refractivity contribution is 0.0671. The molecule has 0 saturated carbocycles. The van der Waals surface area contributed by atoms with Crippen LogP contribution in [-0.4, -0.2) is 27.8 Å². The van der Waals surface area contributed by atoms with E-state index in [9.17, 15) is 9.59 Å². The average Bonchev–Trinajstić information content (AvgIpc) is 2.82. The van der Waals surface area contributed by atoms with E-state index < -0.39 is 5.91 Å². The van der Waals surface area contributed by atoms with Crippen molar-refractivity contribution < 1.29 is 9.59 Å². The van der Waals surface area contributed by atoms with E-state index >= 15 is 0 Å². The van der Waals surface area contributed by atoms with Crippen molar-refractivity contribution in [3.63, 3.8) is 0 Å². The summed E-state index contributed by atoms with van der Waals surface area (Å²) in [6.45, 7) is 0.698. The molecule has 2 N–H and O–H groups in total. The SMILES string of the molecule is Cn1cc(C(N)=O)cc1C(=O)N1CCCCCC1c1ccc(Cl)cc1. The minimum absolute atomic E-state index is 0.0131. The van der Waals surface area contributed by atoms with E-state index in [4.69, 9.17) is 17.3 Å². The number of amides is 2. The Morgan fingerprint density at radius 3 is 2.52 bits per heavy atom. The molecule has 1 atom stereocenters. The van der Waals surface area contributed by atoms with Crippen LogP contribution >= 0.6 is 11.6 Å². The highest BCUT2D eigenvalue weighted by molar-refractivity contribution is 6.30. The Bertz CT molecular complexity index is 782. The van der Waals surface area contributed by atoms with Gasteiger partial charge in [-0.15, -0.1) is 0 Å². The fraction of sp³-hybridized carbons (Fsp3) is 0.368. The first-order valence-corrected chi connectivity index (χ1v) is 8.88. The van der Waals surface area contributed by atoms with E-state index in [0.717, 1.165) is 31.2 Å². The Morgan fingerprint density at radius 1 is 1.16 bits per heavy atom. The second-order valence-corrected chi connectivity index (χ2v) is 6.94. The number of aromatic nitrogens is 1. The van der Waals surface area contributed by atoms with Gasteiger partial charge in [-0.25, -0.2) is 0 Å². The minimum Gasteiger partial charge on any atom is -0.366 e. The highest BCUT2D eigenvalue weighted by atomic mass is 35.5. The molecular weight excluding hydrogens is 338 g/mol. The molecule has 132 valence electrons. The zero-order valence-electron chi connectivity index (χ0n) is 14.2. The van der Waals surface area contributed by atoms with Gasteiger partial charge < -0.3 is 15.2 Å². The predicted octanol–water partition coefficient (Wildman–Crippen LogP) is 3.53. The van der Waals surface area contributed by atoms with E-state index in [1.54, 1.807) is 23.9 Å². The Hall–Kier alpha value is -2.27. The molecular formula is C19H22ClN3O2. The number of primary amides is 1. The molecule has 2 amide bonds. The lowest BCUT2D eigenvalue weighted by Crippen LogP contribution is -2.35. The standard InChI is InChI=1S/C19H22ClN3O2/c1-22-12-14(18(21)24)11-17(22)19(25)23-10-4-2-3-5-16(23)13-6-8-15(20)9-7-13/h6-9,11-12,16H,2-5,10H2,1H3,(H2,21,24). The zero-order valence-corrected chi connectivity index (χ0v) is 15.0. The molecule has 1 aliphatic heterocycles. The molecule has 2 heterocycles. The largest absolute Gasteiger partial charge is 0.366 e. The fourth-order valence-electron chi connectivity index (χ4n) is 3.44. The molecule has 1 aromatic carbocycles. The summed E-state index contributed by atoms with van der Waals surface area (Å²) in [7, 11) is 1.76. The molecule has 5 nitrogen and oxygen atoms in total. The molecule has 1 aliphatic rings. The van der Waals surface area contributed by atoms with Crippen LogP contribution in [0.3, 0.4) is 0 Å².